The number of fused-ring (bicyclic) bond motifs is 2. The van der Waals surface area contributed by atoms with E-state index in [9.17, 15) is 19.4 Å². The van der Waals surface area contributed by atoms with Crippen LogP contribution in [-0.4, -0.2) is 42.4 Å². The summed E-state index contributed by atoms with van der Waals surface area (Å²) in [7, 11) is 0. The lowest BCUT2D eigenvalue weighted by Gasteiger charge is -2.16. The Labute approximate surface area is 197 Å². The average molecular weight is 477 g/mol. The fourth-order valence-corrected chi connectivity index (χ4v) is 4.16. The van der Waals surface area contributed by atoms with E-state index >= 15 is 0 Å². The number of pyridine rings is 4. The van der Waals surface area contributed by atoms with Gasteiger partial charge in [0.15, 0.2) is 5.65 Å². The predicted octanol–water partition coefficient (Wildman–Crippen LogP) is 3.82. The maximum atomic E-state index is 14.7. The van der Waals surface area contributed by atoms with Gasteiger partial charge in [0.2, 0.25) is 0 Å². The fraction of sp³-hybridized carbons (Fsp3) is 0.120. The van der Waals surface area contributed by atoms with Crippen molar-refractivity contribution >= 4 is 33.4 Å². The van der Waals surface area contributed by atoms with E-state index in [0.29, 0.717) is 43.6 Å². The molecule has 7 nitrogen and oxygen atoms in total. The molecule has 0 bridgehead atoms. The molecule has 1 atom stereocenters. The van der Waals surface area contributed by atoms with Crippen LogP contribution in [-0.2, 0) is 6.54 Å². The zero-order chi connectivity index (χ0) is 23.8. The Balaban J connectivity index is 1.86. The molecule has 0 radical (unpaired) electrons. The van der Waals surface area contributed by atoms with Crippen molar-refractivity contribution in [3.05, 3.63) is 88.4 Å². The van der Waals surface area contributed by atoms with Crippen molar-refractivity contribution in [2.75, 3.05) is 6.61 Å². The highest BCUT2D eigenvalue weighted by Gasteiger charge is 2.18. The minimum Gasteiger partial charge on any atom is -0.394 e. The van der Waals surface area contributed by atoms with E-state index in [0.717, 1.165) is 0 Å². The summed E-state index contributed by atoms with van der Waals surface area (Å²) in [6.45, 7) is -0.600. The molecule has 4 heterocycles. The Hall–Kier alpha value is -3.72. The largest absolute Gasteiger partial charge is 0.394 e. The number of hydrogen-bond donors (Lipinski definition) is 2. The highest BCUT2D eigenvalue weighted by atomic mass is 35.5. The predicted molar refractivity (Wildman–Crippen MR) is 128 cm³/mol. The van der Waals surface area contributed by atoms with Crippen LogP contribution in [0, 0.1) is 5.82 Å². The number of rotatable bonds is 5. The van der Waals surface area contributed by atoms with Crippen molar-refractivity contribution in [1.29, 1.82) is 0 Å². The lowest BCUT2D eigenvalue weighted by molar-refractivity contribution is 0.0805. The van der Waals surface area contributed by atoms with Crippen LogP contribution in [0.15, 0.2) is 72.0 Å². The van der Waals surface area contributed by atoms with E-state index < -0.39 is 18.5 Å². The molecule has 5 aromatic rings. The normalized spacial score (nSPS) is 12.4. The van der Waals surface area contributed by atoms with Gasteiger partial charge in [0, 0.05) is 46.3 Å². The molecule has 0 amide bonds. The highest BCUT2D eigenvalue weighted by molar-refractivity contribution is 6.30. The van der Waals surface area contributed by atoms with Gasteiger partial charge in [-0.15, -0.1) is 0 Å². The Morgan fingerprint density at radius 2 is 1.88 bits per heavy atom. The molecule has 0 aliphatic carbocycles. The van der Waals surface area contributed by atoms with E-state index in [-0.39, 0.29) is 17.7 Å². The van der Waals surface area contributed by atoms with Gasteiger partial charge in [0.1, 0.15) is 5.82 Å². The number of aliphatic hydroxyl groups is 2. The molecular weight excluding hydrogens is 459 g/mol. The van der Waals surface area contributed by atoms with Gasteiger partial charge < -0.3 is 14.8 Å². The molecular formula is C25H18ClFN4O3. The van der Waals surface area contributed by atoms with Crippen LogP contribution in [0.2, 0.25) is 5.02 Å². The lowest BCUT2D eigenvalue weighted by atomic mass is 9.97. The Kier molecular flexibility index (Phi) is 5.79. The van der Waals surface area contributed by atoms with Crippen LogP contribution in [0.1, 0.15) is 0 Å². The van der Waals surface area contributed by atoms with Crippen LogP contribution in [0.3, 0.4) is 0 Å². The SMILES string of the molecule is O=c1c2cnccc2c(-c2cc(-c3cc(Cl)ccc3F)nc3ncccc23)cn1CC(O)CO. The van der Waals surface area contributed by atoms with E-state index in [2.05, 4.69) is 15.0 Å². The van der Waals surface area contributed by atoms with Gasteiger partial charge in [-0.1, -0.05) is 11.6 Å². The molecule has 170 valence electrons. The zero-order valence-corrected chi connectivity index (χ0v) is 18.4. The zero-order valence-electron chi connectivity index (χ0n) is 17.7. The first-order valence-corrected chi connectivity index (χ1v) is 10.8. The minimum atomic E-state index is -1.12. The second kappa shape index (κ2) is 8.90. The second-order valence-corrected chi connectivity index (χ2v) is 8.25. The summed E-state index contributed by atoms with van der Waals surface area (Å²) >= 11 is 6.12. The molecule has 1 aromatic carbocycles. The molecule has 5 rings (SSSR count). The van der Waals surface area contributed by atoms with Crippen molar-refractivity contribution in [2.45, 2.75) is 12.6 Å². The maximum absolute atomic E-state index is 14.7. The quantitative estimate of drug-likeness (QED) is 0.400. The first kappa shape index (κ1) is 22.1. The van der Waals surface area contributed by atoms with E-state index in [4.69, 9.17) is 11.6 Å². The van der Waals surface area contributed by atoms with Crippen LogP contribution in [0.25, 0.3) is 44.2 Å². The molecule has 0 aliphatic heterocycles. The number of benzene rings is 1. The topological polar surface area (TPSA) is 101 Å². The summed E-state index contributed by atoms with van der Waals surface area (Å²) in [6, 6.07) is 11.3. The van der Waals surface area contributed by atoms with Crippen molar-refractivity contribution < 1.29 is 14.6 Å². The maximum Gasteiger partial charge on any atom is 0.260 e. The smallest absolute Gasteiger partial charge is 0.260 e. The van der Waals surface area contributed by atoms with Crippen LogP contribution < -0.4 is 5.56 Å². The molecule has 0 aliphatic rings. The minimum absolute atomic E-state index is 0.107. The number of aliphatic hydroxyl groups excluding tert-OH is 2. The van der Waals surface area contributed by atoms with Crippen LogP contribution in [0.4, 0.5) is 4.39 Å². The number of hydrogen-bond acceptors (Lipinski definition) is 6. The Morgan fingerprint density at radius 3 is 2.71 bits per heavy atom. The molecule has 2 N–H and O–H groups in total. The number of aromatic nitrogens is 4. The molecule has 9 heteroatoms. The third-order valence-corrected chi connectivity index (χ3v) is 5.82. The van der Waals surface area contributed by atoms with Gasteiger partial charge in [-0.3, -0.25) is 9.78 Å². The average Bonchev–Trinajstić information content (AvgIpc) is 2.86. The van der Waals surface area contributed by atoms with Crippen LogP contribution in [0.5, 0.6) is 0 Å². The summed E-state index contributed by atoms with van der Waals surface area (Å²) in [5.41, 5.74) is 1.90. The summed E-state index contributed by atoms with van der Waals surface area (Å²) in [5, 5.41) is 21.3. The third-order valence-electron chi connectivity index (χ3n) is 5.58. The van der Waals surface area contributed by atoms with Gasteiger partial charge >= 0.3 is 0 Å². The van der Waals surface area contributed by atoms with Gasteiger partial charge in [0.05, 0.1) is 30.3 Å². The third kappa shape index (κ3) is 3.92. The van der Waals surface area contributed by atoms with Gasteiger partial charge in [-0.25, -0.2) is 14.4 Å². The fourth-order valence-electron chi connectivity index (χ4n) is 3.99. The summed E-state index contributed by atoms with van der Waals surface area (Å²) in [5.74, 6) is -0.483. The van der Waals surface area contributed by atoms with E-state index in [1.807, 2.05) is 6.07 Å². The van der Waals surface area contributed by atoms with Crippen molar-refractivity contribution in [2.24, 2.45) is 0 Å². The van der Waals surface area contributed by atoms with E-state index in [1.54, 1.807) is 36.8 Å². The van der Waals surface area contributed by atoms with Crippen molar-refractivity contribution in [3.63, 3.8) is 0 Å². The Bertz CT molecular complexity index is 1610. The second-order valence-electron chi connectivity index (χ2n) is 7.81. The summed E-state index contributed by atoms with van der Waals surface area (Å²) in [6.07, 6.45) is 5.13. The van der Waals surface area contributed by atoms with Crippen molar-refractivity contribution in [1.82, 2.24) is 19.5 Å². The molecule has 34 heavy (non-hydrogen) atoms. The van der Waals surface area contributed by atoms with E-state index in [1.165, 1.54) is 29.0 Å². The molecule has 0 saturated heterocycles. The molecule has 4 aromatic heterocycles. The first-order chi connectivity index (χ1) is 16.5. The Morgan fingerprint density at radius 1 is 1.03 bits per heavy atom. The van der Waals surface area contributed by atoms with Gasteiger partial charge in [-0.2, -0.15) is 0 Å². The molecule has 0 saturated carbocycles. The standard InChI is InChI=1S/C25H18ClFN4O3/c26-14-3-4-22(27)19(8-14)23-9-18(17-2-1-6-29-24(17)30-23)21-12-31(11-15(33)13-32)25(34)20-10-28-7-5-16(20)21/h1-10,12,15,32-33H,11,13H2. The van der Waals surface area contributed by atoms with Gasteiger partial charge in [-0.05, 0) is 53.4 Å². The van der Waals surface area contributed by atoms with Crippen LogP contribution >= 0.6 is 11.6 Å². The van der Waals surface area contributed by atoms with Crippen molar-refractivity contribution in [3.8, 4) is 22.4 Å². The summed E-state index contributed by atoms with van der Waals surface area (Å²) in [4.78, 5) is 26.0. The number of nitrogens with zero attached hydrogens (tertiary/aromatic N) is 4. The first-order valence-electron chi connectivity index (χ1n) is 10.4. The molecule has 0 fully saturated rings. The van der Waals surface area contributed by atoms with Gasteiger partial charge in [0.25, 0.3) is 5.56 Å². The highest BCUT2D eigenvalue weighted by Crippen LogP contribution is 2.35. The number of halogens is 2. The molecule has 1 unspecified atom stereocenters. The molecule has 0 spiro atoms. The summed E-state index contributed by atoms with van der Waals surface area (Å²) < 4.78 is 16.1. The lowest BCUT2D eigenvalue weighted by Crippen LogP contribution is -2.28. The monoisotopic (exact) mass is 476 g/mol.